The fraction of sp³-hybridized carbons (Fsp3) is 0.632. The minimum absolute atomic E-state index is 0.0535. The largest absolute Gasteiger partial charge is 0.508 e. The normalized spacial score (nSPS) is 13.8. The fourth-order valence-corrected chi connectivity index (χ4v) is 6.52. The third-order valence-corrected chi connectivity index (χ3v) is 10.6. The zero-order chi connectivity index (χ0) is 22.8. The van der Waals surface area contributed by atoms with Crippen LogP contribution < -0.4 is 0 Å². The smallest absolute Gasteiger partial charge is 0.430 e. The van der Waals surface area contributed by atoms with Crippen molar-refractivity contribution in [3.05, 3.63) is 21.7 Å². The van der Waals surface area contributed by atoms with Crippen LogP contribution in [-0.2, 0) is 25.3 Å². The molecule has 1 aromatic rings. The Hall–Kier alpha value is -0.643. The Morgan fingerprint density at radius 3 is 2.40 bits per heavy atom. The molecule has 0 aliphatic heterocycles. The highest BCUT2D eigenvalue weighted by Gasteiger charge is 2.32. The Labute approximate surface area is 198 Å². The van der Waals surface area contributed by atoms with Gasteiger partial charge in [0.1, 0.15) is 24.5 Å². The van der Waals surface area contributed by atoms with Crippen molar-refractivity contribution in [1.29, 1.82) is 0 Å². The number of rotatable bonds is 12. The lowest BCUT2D eigenvalue weighted by Crippen LogP contribution is -2.40. The van der Waals surface area contributed by atoms with Crippen LogP contribution in [-0.4, -0.2) is 42.2 Å². The molecule has 170 valence electrons. The summed E-state index contributed by atoms with van der Waals surface area (Å²) in [4.78, 5) is 27.2. The monoisotopic (exact) mass is 515 g/mol. The molecular weight excluding hydrogens is 489 g/mol. The van der Waals surface area contributed by atoms with E-state index in [9.17, 15) is 9.59 Å². The number of halogens is 3. The van der Waals surface area contributed by atoms with Crippen molar-refractivity contribution in [3.8, 4) is 0 Å². The van der Waals surface area contributed by atoms with Crippen LogP contribution in [0.4, 0.5) is 4.79 Å². The molecule has 1 rings (SSSR count). The Kier molecular flexibility index (Phi) is 11.9. The van der Waals surface area contributed by atoms with E-state index in [-0.39, 0.29) is 12.7 Å². The van der Waals surface area contributed by atoms with Crippen molar-refractivity contribution >= 4 is 73.0 Å². The molecule has 0 spiro atoms. The summed E-state index contributed by atoms with van der Waals surface area (Å²) in [6.07, 6.45) is 1.91. The SMILES string of the molecule is CC[Si](CC)(CC)O[C@@H](CC=O)C(C)=Cc1csc(COC(=O)OCC(Cl)(Cl)Cl)n1. The molecule has 1 atom stereocenters. The number of carbonyl (C=O) groups is 2. The van der Waals surface area contributed by atoms with Crippen LogP contribution in [0.3, 0.4) is 0 Å². The summed E-state index contributed by atoms with van der Waals surface area (Å²) in [5.74, 6) is 0. The fourth-order valence-electron chi connectivity index (χ4n) is 2.80. The van der Waals surface area contributed by atoms with E-state index in [0.29, 0.717) is 17.1 Å². The van der Waals surface area contributed by atoms with Crippen LogP contribution in [0.15, 0.2) is 11.0 Å². The van der Waals surface area contributed by atoms with Crippen LogP contribution in [0.2, 0.25) is 18.1 Å². The minimum atomic E-state index is -1.86. The highest BCUT2D eigenvalue weighted by molar-refractivity contribution is 7.09. The highest BCUT2D eigenvalue weighted by Crippen LogP contribution is 2.28. The first-order chi connectivity index (χ1) is 14.1. The molecule has 1 heterocycles. The summed E-state index contributed by atoms with van der Waals surface area (Å²) in [6, 6.07) is 3.03. The predicted octanol–water partition coefficient (Wildman–Crippen LogP) is 6.55. The number of thiazole rings is 1. The molecule has 0 N–H and O–H groups in total. The van der Waals surface area contributed by atoms with Crippen molar-refractivity contribution in [2.75, 3.05) is 6.61 Å². The van der Waals surface area contributed by atoms with Gasteiger partial charge in [0.15, 0.2) is 8.32 Å². The van der Waals surface area contributed by atoms with Gasteiger partial charge in [-0.25, -0.2) is 9.78 Å². The van der Waals surface area contributed by atoms with E-state index in [2.05, 4.69) is 25.8 Å². The van der Waals surface area contributed by atoms with Crippen molar-refractivity contribution in [2.45, 2.75) is 68.8 Å². The van der Waals surface area contributed by atoms with E-state index in [1.807, 2.05) is 18.4 Å². The maximum atomic E-state index is 11.5. The Balaban J connectivity index is 2.76. The van der Waals surface area contributed by atoms with Crippen molar-refractivity contribution in [3.63, 3.8) is 0 Å². The van der Waals surface area contributed by atoms with Gasteiger partial charge in [-0.3, -0.25) is 0 Å². The minimum Gasteiger partial charge on any atom is -0.430 e. The van der Waals surface area contributed by atoms with Crippen LogP contribution in [0, 0.1) is 0 Å². The molecule has 1 aromatic heterocycles. The first-order valence-corrected chi connectivity index (χ1v) is 14.2. The Bertz CT molecular complexity index is 711. The summed E-state index contributed by atoms with van der Waals surface area (Å²) in [7, 11) is -1.86. The van der Waals surface area contributed by atoms with Gasteiger partial charge in [-0.15, -0.1) is 11.3 Å². The molecule has 0 saturated heterocycles. The molecule has 0 aliphatic carbocycles. The second kappa shape index (κ2) is 13.0. The summed E-state index contributed by atoms with van der Waals surface area (Å²) in [5, 5.41) is 2.43. The van der Waals surface area contributed by atoms with Gasteiger partial charge >= 0.3 is 6.16 Å². The zero-order valence-electron chi connectivity index (χ0n) is 17.6. The van der Waals surface area contributed by atoms with E-state index in [1.54, 1.807) is 0 Å². The van der Waals surface area contributed by atoms with Gasteiger partial charge in [-0.2, -0.15) is 0 Å². The Morgan fingerprint density at radius 2 is 1.87 bits per heavy atom. The average Bonchev–Trinajstić information content (AvgIpc) is 3.15. The van der Waals surface area contributed by atoms with Gasteiger partial charge in [0.25, 0.3) is 0 Å². The summed E-state index contributed by atoms with van der Waals surface area (Å²) < 4.78 is 14.5. The highest BCUT2D eigenvalue weighted by atomic mass is 35.6. The van der Waals surface area contributed by atoms with Crippen molar-refractivity contribution in [2.24, 2.45) is 0 Å². The third-order valence-electron chi connectivity index (χ3n) is 4.76. The van der Waals surface area contributed by atoms with Crippen LogP contribution in [0.5, 0.6) is 0 Å². The lowest BCUT2D eigenvalue weighted by molar-refractivity contribution is -0.109. The van der Waals surface area contributed by atoms with Gasteiger partial charge in [0.2, 0.25) is 3.79 Å². The summed E-state index contributed by atoms with van der Waals surface area (Å²) in [6.45, 7) is 7.95. The van der Waals surface area contributed by atoms with E-state index in [1.165, 1.54) is 11.3 Å². The standard InChI is InChI=1S/C19H28Cl3NO5SSi/c1-5-30(6-2,7-3)28-16(8-9-24)14(4)10-15-12-29-17(23-15)11-26-18(25)27-13-19(20,21)22/h9-10,12,16H,5-8,11,13H2,1-4H3/t16-/m0/s1. The molecule has 0 fully saturated rings. The first-order valence-electron chi connectivity index (χ1n) is 9.68. The molecule has 0 radical (unpaired) electrons. The number of alkyl halides is 3. The number of hydrogen-bond donors (Lipinski definition) is 0. The van der Waals surface area contributed by atoms with Gasteiger partial charge < -0.3 is 18.7 Å². The molecule has 0 aliphatic rings. The maximum absolute atomic E-state index is 11.5. The molecule has 30 heavy (non-hydrogen) atoms. The maximum Gasteiger partial charge on any atom is 0.508 e. The molecule has 6 nitrogen and oxygen atoms in total. The number of carbonyl (C=O) groups excluding carboxylic acids is 2. The molecule has 0 aromatic carbocycles. The number of ether oxygens (including phenoxy) is 2. The molecule has 0 amide bonds. The number of hydrogen-bond acceptors (Lipinski definition) is 7. The molecule has 11 heteroatoms. The second-order valence-corrected chi connectivity index (χ2v) is 14.9. The average molecular weight is 517 g/mol. The molecule has 0 unspecified atom stereocenters. The topological polar surface area (TPSA) is 74.7 Å². The van der Waals surface area contributed by atoms with Gasteiger partial charge in [0, 0.05) is 11.8 Å². The summed E-state index contributed by atoms with van der Waals surface area (Å²) in [5.41, 5.74) is 1.65. The summed E-state index contributed by atoms with van der Waals surface area (Å²) >= 11 is 17.9. The van der Waals surface area contributed by atoms with Gasteiger partial charge in [-0.1, -0.05) is 55.6 Å². The number of aromatic nitrogens is 1. The number of aldehydes is 1. The molecule has 0 bridgehead atoms. The predicted molar refractivity (Wildman–Crippen MR) is 125 cm³/mol. The Morgan fingerprint density at radius 1 is 1.23 bits per heavy atom. The van der Waals surface area contributed by atoms with Gasteiger partial charge in [-0.05, 0) is 36.7 Å². The van der Waals surface area contributed by atoms with Crippen molar-refractivity contribution < 1.29 is 23.5 Å². The quantitative estimate of drug-likeness (QED) is 0.136. The van der Waals surface area contributed by atoms with Gasteiger partial charge in [0.05, 0.1) is 11.8 Å². The molecular formula is C19H28Cl3NO5SSi. The van der Waals surface area contributed by atoms with Crippen molar-refractivity contribution in [1.82, 2.24) is 4.98 Å². The zero-order valence-corrected chi connectivity index (χ0v) is 21.7. The van der Waals surface area contributed by atoms with E-state index in [0.717, 1.165) is 30.0 Å². The van der Waals surface area contributed by atoms with E-state index < -0.39 is 24.9 Å². The van der Waals surface area contributed by atoms with Crippen LogP contribution in [0.1, 0.15) is 44.8 Å². The van der Waals surface area contributed by atoms with Crippen LogP contribution >= 0.6 is 46.1 Å². The number of nitrogens with zero attached hydrogens (tertiary/aromatic N) is 1. The van der Waals surface area contributed by atoms with E-state index >= 15 is 0 Å². The van der Waals surface area contributed by atoms with Crippen LogP contribution in [0.25, 0.3) is 6.08 Å². The molecule has 0 saturated carbocycles. The second-order valence-electron chi connectivity index (χ2n) is 6.75. The lowest BCUT2D eigenvalue weighted by Gasteiger charge is -2.33. The first kappa shape index (κ1) is 27.4. The van der Waals surface area contributed by atoms with E-state index in [4.69, 9.17) is 48.7 Å². The third kappa shape index (κ3) is 9.66. The lowest BCUT2D eigenvalue weighted by atomic mass is 10.1.